The average Bonchev–Trinajstić information content (AvgIpc) is 2.45. The van der Waals surface area contributed by atoms with Crippen LogP contribution in [-0.2, 0) is 4.79 Å². The van der Waals surface area contributed by atoms with Crippen LogP contribution in [0.15, 0.2) is 35.5 Å². The van der Waals surface area contributed by atoms with E-state index in [1.807, 2.05) is 18.2 Å². The number of carbonyl (C=O) groups is 1. The highest BCUT2D eigenvalue weighted by Crippen LogP contribution is 2.28. The molecular formula is C16H19N3O. The summed E-state index contributed by atoms with van der Waals surface area (Å²) >= 11 is 0. The molecule has 4 nitrogen and oxygen atoms in total. The van der Waals surface area contributed by atoms with Crippen LogP contribution >= 0.6 is 0 Å². The zero-order chi connectivity index (χ0) is 14.4. The van der Waals surface area contributed by atoms with Crippen molar-refractivity contribution in [3.05, 3.63) is 46.3 Å². The number of allylic oxidation sites excluding steroid dienone is 1. The number of rotatable bonds is 4. The summed E-state index contributed by atoms with van der Waals surface area (Å²) in [6.45, 7) is 2.22. The van der Waals surface area contributed by atoms with Gasteiger partial charge in [-0.15, -0.1) is 0 Å². The van der Waals surface area contributed by atoms with E-state index in [1.54, 1.807) is 12.1 Å². The molecule has 2 rings (SSSR count). The van der Waals surface area contributed by atoms with E-state index in [4.69, 9.17) is 5.53 Å². The SMILES string of the molecule is CC1CCC(=O)C(CC=Cc2ccc(N=[N+]=[N-])cc2)C1. The van der Waals surface area contributed by atoms with Crippen molar-refractivity contribution in [2.24, 2.45) is 17.0 Å². The maximum Gasteiger partial charge on any atom is 0.136 e. The molecule has 0 amide bonds. The third-order valence-corrected chi connectivity index (χ3v) is 3.81. The number of nitrogens with zero attached hydrogens (tertiary/aromatic N) is 3. The van der Waals surface area contributed by atoms with Gasteiger partial charge in [-0.25, -0.2) is 0 Å². The van der Waals surface area contributed by atoms with Gasteiger partial charge in [-0.1, -0.05) is 48.5 Å². The number of azide groups is 1. The van der Waals surface area contributed by atoms with Crippen molar-refractivity contribution < 1.29 is 4.79 Å². The van der Waals surface area contributed by atoms with Crippen LogP contribution in [0.2, 0.25) is 0 Å². The van der Waals surface area contributed by atoms with E-state index in [1.165, 1.54) is 0 Å². The van der Waals surface area contributed by atoms with Gasteiger partial charge >= 0.3 is 0 Å². The highest BCUT2D eigenvalue weighted by molar-refractivity contribution is 5.82. The maximum absolute atomic E-state index is 11.8. The average molecular weight is 269 g/mol. The molecule has 0 bridgehead atoms. The summed E-state index contributed by atoms with van der Waals surface area (Å²) in [4.78, 5) is 14.6. The minimum absolute atomic E-state index is 0.192. The van der Waals surface area contributed by atoms with Crippen LogP contribution in [0.25, 0.3) is 16.5 Å². The van der Waals surface area contributed by atoms with Gasteiger partial charge in [0.25, 0.3) is 0 Å². The number of ketones is 1. The molecule has 0 saturated heterocycles. The van der Waals surface area contributed by atoms with E-state index in [9.17, 15) is 4.79 Å². The normalized spacial score (nSPS) is 22.8. The van der Waals surface area contributed by atoms with Gasteiger partial charge in [0.2, 0.25) is 0 Å². The van der Waals surface area contributed by atoms with Gasteiger partial charge in [0.05, 0.1) is 0 Å². The minimum atomic E-state index is 0.192. The Kier molecular flexibility index (Phi) is 4.97. The molecule has 1 saturated carbocycles. The Labute approximate surface area is 119 Å². The molecule has 0 aliphatic heterocycles. The van der Waals surface area contributed by atoms with Crippen molar-refractivity contribution in [3.8, 4) is 0 Å². The molecule has 2 atom stereocenters. The monoisotopic (exact) mass is 269 g/mol. The van der Waals surface area contributed by atoms with Gasteiger partial charge < -0.3 is 0 Å². The Bertz CT molecular complexity index is 541. The molecule has 1 aliphatic carbocycles. The molecule has 4 heteroatoms. The zero-order valence-electron chi connectivity index (χ0n) is 11.7. The molecule has 1 fully saturated rings. The summed E-state index contributed by atoms with van der Waals surface area (Å²) < 4.78 is 0. The summed E-state index contributed by atoms with van der Waals surface area (Å²) in [5.74, 6) is 1.26. The molecular weight excluding hydrogens is 250 g/mol. The molecule has 0 N–H and O–H groups in total. The first-order valence-corrected chi connectivity index (χ1v) is 7.03. The highest BCUT2D eigenvalue weighted by atomic mass is 16.1. The van der Waals surface area contributed by atoms with Crippen LogP contribution < -0.4 is 0 Å². The molecule has 20 heavy (non-hydrogen) atoms. The lowest BCUT2D eigenvalue weighted by atomic mass is 9.80. The Morgan fingerprint density at radius 3 is 2.85 bits per heavy atom. The van der Waals surface area contributed by atoms with Gasteiger partial charge in [-0.3, -0.25) is 4.79 Å². The lowest BCUT2D eigenvalue weighted by molar-refractivity contribution is -0.125. The van der Waals surface area contributed by atoms with E-state index >= 15 is 0 Å². The second-order valence-electron chi connectivity index (χ2n) is 5.46. The molecule has 1 aromatic rings. The van der Waals surface area contributed by atoms with Crippen molar-refractivity contribution >= 4 is 17.5 Å². The predicted octanol–water partition coefficient (Wildman–Crippen LogP) is 5.04. The molecule has 104 valence electrons. The molecule has 0 heterocycles. The second kappa shape index (κ2) is 6.92. The highest BCUT2D eigenvalue weighted by Gasteiger charge is 2.24. The number of hydrogen-bond acceptors (Lipinski definition) is 2. The van der Waals surface area contributed by atoms with Gasteiger partial charge in [-0.2, -0.15) is 0 Å². The predicted molar refractivity (Wildman–Crippen MR) is 80.4 cm³/mol. The zero-order valence-corrected chi connectivity index (χ0v) is 11.7. The maximum atomic E-state index is 11.8. The lowest BCUT2D eigenvalue weighted by Crippen LogP contribution is -2.22. The van der Waals surface area contributed by atoms with Crippen LogP contribution in [0.3, 0.4) is 0 Å². The molecule has 0 spiro atoms. The quantitative estimate of drug-likeness (QED) is 0.429. The molecule has 0 radical (unpaired) electrons. The molecule has 0 aromatic heterocycles. The minimum Gasteiger partial charge on any atom is -0.299 e. The largest absolute Gasteiger partial charge is 0.299 e. The van der Waals surface area contributed by atoms with Crippen molar-refractivity contribution in [3.63, 3.8) is 0 Å². The van der Waals surface area contributed by atoms with Gasteiger partial charge in [0.1, 0.15) is 5.78 Å². The Hall–Kier alpha value is -2.06. The Morgan fingerprint density at radius 2 is 2.15 bits per heavy atom. The second-order valence-corrected chi connectivity index (χ2v) is 5.46. The Balaban J connectivity index is 1.92. The first-order chi connectivity index (χ1) is 9.69. The van der Waals surface area contributed by atoms with Crippen LogP contribution in [-0.4, -0.2) is 5.78 Å². The fourth-order valence-electron chi connectivity index (χ4n) is 2.63. The van der Waals surface area contributed by atoms with Crippen molar-refractivity contribution in [1.29, 1.82) is 0 Å². The number of hydrogen-bond donors (Lipinski definition) is 0. The first kappa shape index (κ1) is 14.4. The third-order valence-electron chi connectivity index (χ3n) is 3.81. The topological polar surface area (TPSA) is 65.8 Å². The van der Waals surface area contributed by atoms with Crippen molar-refractivity contribution in [2.45, 2.75) is 32.6 Å². The lowest BCUT2D eigenvalue weighted by Gasteiger charge is -2.24. The Morgan fingerprint density at radius 1 is 1.40 bits per heavy atom. The van der Waals surface area contributed by atoms with E-state index in [-0.39, 0.29) is 5.92 Å². The third kappa shape index (κ3) is 3.97. The number of benzene rings is 1. The summed E-state index contributed by atoms with van der Waals surface area (Å²) in [6.07, 6.45) is 7.70. The smallest absolute Gasteiger partial charge is 0.136 e. The van der Waals surface area contributed by atoms with Crippen LogP contribution in [0.5, 0.6) is 0 Å². The van der Waals surface area contributed by atoms with Crippen molar-refractivity contribution in [1.82, 2.24) is 0 Å². The van der Waals surface area contributed by atoms with Gasteiger partial charge in [0, 0.05) is 22.9 Å². The van der Waals surface area contributed by atoms with Crippen LogP contribution in [0.1, 0.15) is 38.2 Å². The van der Waals surface area contributed by atoms with Gasteiger partial charge in [0.15, 0.2) is 0 Å². The van der Waals surface area contributed by atoms with E-state index in [2.05, 4.69) is 23.0 Å². The number of carbonyl (C=O) groups excluding carboxylic acids is 1. The molecule has 1 aromatic carbocycles. The fraction of sp³-hybridized carbons (Fsp3) is 0.438. The van der Waals surface area contributed by atoms with E-state index in [0.29, 0.717) is 17.4 Å². The van der Waals surface area contributed by atoms with Crippen LogP contribution in [0, 0.1) is 11.8 Å². The summed E-state index contributed by atoms with van der Waals surface area (Å²) in [5, 5.41) is 3.53. The summed E-state index contributed by atoms with van der Waals surface area (Å²) in [6, 6.07) is 7.39. The summed E-state index contributed by atoms with van der Waals surface area (Å²) in [7, 11) is 0. The molecule has 2 unspecified atom stereocenters. The first-order valence-electron chi connectivity index (χ1n) is 7.03. The van der Waals surface area contributed by atoms with E-state index < -0.39 is 0 Å². The van der Waals surface area contributed by atoms with E-state index in [0.717, 1.165) is 31.2 Å². The number of Topliss-reactive ketones (excluding diaryl/α,β-unsaturated/α-hetero) is 1. The van der Waals surface area contributed by atoms with Crippen LogP contribution in [0.4, 0.5) is 5.69 Å². The standard InChI is InChI=1S/C16H19N3O/c1-12-5-10-16(20)14(11-12)4-2-3-13-6-8-15(9-7-13)18-19-17/h2-3,6-9,12,14H,4-5,10-11H2,1H3. The summed E-state index contributed by atoms with van der Waals surface area (Å²) in [5.41, 5.74) is 10.00. The van der Waals surface area contributed by atoms with Crippen molar-refractivity contribution in [2.75, 3.05) is 0 Å². The fourth-order valence-corrected chi connectivity index (χ4v) is 2.63. The van der Waals surface area contributed by atoms with Gasteiger partial charge in [-0.05, 0) is 36.3 Å². The molecule has 1 aliphatic rings.